The van der Waals surface area contributed by atoms with Crippen molar-refractivity contribution in [2.75, 3.05) is 37.4 Å². The molecule has 0 heterocycles. The lowest BCUT2D eigenvalue weighted by Crippen LogP contribution is -2.41. The van der Waals surface area contributed by atoms with Crippen molar-refractivity contribution in [2.24, 2.45) is 0 Å². The lowest BCUT2D eigenvalue weighted by molar-refractivity contribution is -0.119. The van der Waals surface area contributed by atoms with Crippen LogP contribution in [0.1, 0.15) is 17.5 Å². The Morgan fingerprint density at radius 1 is 1.00 bits per heavy atom. The minimum Gasteiger partial charge on any atom is -0.493 e. The van der Waals surface area contributed by atoms with Gasteiger partial charge in [-0.15, -0.1) is 0 Å². The zero-order valence-electron chi connectivity index (χ0n) is 21.1. The summed E-state index contributed by atoms with van der Waals surface area (Å²) in [6.07, 6.45) is 0.737. The van der Waals surface area contributed by atoms with Gasteiger partial charge >= 0.3 is 0 Å². The van der Waals surface area contributed by atoms with Gasteiger partial charge in [0.2, 0.25) is 5.91 Å². The number of halogens is 1. The van der Waals surface area contributed by atoms with Crippen LogP contribution in [0.5, 0.6) is 11.5 Å². The van der Waals surface area contributed by atoms with Crippen molar-refractivity contribution in [1.29, 1.82) is 0 Å². The average molecular weight is 547 g/mol. The van der Waals surface area contributed by atoms with Crippen molar-refractivity contribution in [3.8, 4) is 11.5 Å². The Kier molecular flexibility index (Phi) is 10.2. The third-order valence-corrected chi connectivity index (χ3v) is 8.51. The van der Waals surface area contributed by atoms with Gasteiger partial charge in [-0.05, 0) is 66.6 Å². The summed E-state index contributed by atoms with van der Waals surface area (Å²) in [4.78, 5) is 12.7. The number of rotatable bonds is 13. The highest BCUT2D eigenvalue weighted by Crippen LogP contribution is 2.32. The number of aryl methyl sites for hydroxylation is 1. The fourth-order valence-electron chi connectivity index (χ4n) is 3.57. The maximum Gasteiger partial charge on any atom is 0.264 e. The Morgan fingerprint density at radius 3 is 2.38 bits per heavy atom. The SMILES string of the molecule is COc1ccc(S(=O)(=O)N(CC(=O)NCCCSCc2ccccc2C)c2ccc(F)cc2)cc1OC. The summed E-state index contributed by atoms with van der Waals surface area (Å²) < 4.78 is 52.0. The maximum atomic E-state index is 13.6. The minimum absolute atomic E-state index is 0.0881. The molecule has 0 unspecified atom stereocenters. The molecule has 0 aliphatic heterocycles. The highest BCUT2D eigenvalue weighted by molar-refractivity contribution is 7.98. The molecule has 0 atom stereocenters. The summed E-state index contributed by atoms with van der Waals surface area (Å²) in [6.45, 7) is 2.03. The number of benzene rings is 3. The fraction of sp³-hybridized carbons (Fsp3) is 0.296. The molecule has 0 saturated carbocycles. The van der Waals surface area contributed by atoms with Crippen LogP contribution in [0.3, 0.4) is 0 Å². The monoisotopic (exact) mass is 546 g/mol. The Labute approximate surface area is 222 Å². The molecule has 0 fully saturated rings. The number of hydrogen-bond donors (Lipinski definition) is 1. The van der Waals surface area contributed by atoms with Gasteiger partial charge in [-0.3, -0.25) is 9.10 Å². The van der Waals surface area contributed by atoms with E-state index in [-0.39, 0.29) is 16.3 Å². The minimum atomic E-state index is -4.18. The topological polar surface area (TPSA) is 84.9 Å². The number of amides is 1. The van der Waals surface area contributed by atoms with Crippen LogP contribution in [0.15, 0.2) is 71.6 Å². The van der Waals surface area contributed by atoms with Crippen LogP contribution >= 0.6 is 11.8 Å². The van der Waals surface area contributed by atoms with Crippen molar-refractivity contribution in [2.45, 2.75) is 24.0 Å². The molecular weight excluding hydrogens is 515 g/mol. The van der Waals surface area contributed by atoms with E-state index >= 15 is 0 Å². The molecule has 0 radical (unpaired) electrons. The van der Waals surface area contributed by atoms with Gasteiger partial charge < -0.3 is 14.8 Å². The van der Waals surface area contributed by atoms with Gasteiger partial charge in [0.05, 0.1) is 24.8 Å². The van der Waals surface area contributed by atoms with E-state index in [0.717, 1.165) is 34.4 Å². The van der Waals surface area contributed by atoms with E-state index in [0.29, 0.717) is 12.3 Å². The Bertz CT molecular complexity index is 1300. The third kappa shape index (κ3) is 7.62. The van der Waals surface area contributed by atoms with Crippen LogP contribution < -0.4 is 19.1 Å². The number of carbonyl (C=O) groups excluding carboxylic acids is 1. The normalized spacial score (nSPS) is 11.1. The van der Waals surface area contributed by atoms with Gasteiger partial charge in [-0.1, -0.05) is 24.3 Å². The lowest BCUT2D eigenvalue weighted by Gasteiger charge is -2.24. The first kappa shape index (κ1) is 28.3. The smallest absolute Gasteiger partial charge is 0.264 e. The number of ether oxygens (including phenoxy) is 2. The maximum absolute atomic E-state index is 13.6. The molecule has 0 bridgehead atoms. The van der Waals surface area contributed by atoms with Crippen LogP contribution in [0.25, 0.3) is 0 Å². The number of anilines is 1. The lowest BCUT2D eigenvalue weighted by atomic mass is 10.1. The van der Waals surface area contributed by atoms with E-state index < -0.39 is 28.3 Å². The van der Waals surface area contributed by atoms with Crippen LogP contribution in [-0.4, -0.2) is 47.4 Å². The molecule has 37 heavy (non-hydrogen) atoms. The summed E-state index contributed by atoms with van der Waals surface area (Å²) >= 11 is 1.78. The van der Waals surface area contributed by atoms with Gasteiger partial charge in [0.25, 0.3) is 10.0 Å². The molecule has 0 saturated heterocycles. The van der Waals surface area contributed by atoms with E-state index in [9.17, 15) is 17.6 Å². The first-order chi connectivity index (χ1) is 17.8. The molecule has 0 aromatic heterocycles. The highest BCUT2D eigenvalue weighted by atomic mass is 32.2. The first-order valence-corrected chi connectivity index (χ1v) is 14.2. The second kappa shape index (κ2) is 13.3. The number of nitrogens with one attached hydrogen (secondary N) is 1. The summed E-state index contributed by atoms with van der Waals surface area (Å²) in [5.41, 5.74) is 2.70. The van der Waals surface area contributed by atoms with Crippen LogP contribution in [0.2, 0.25) is 0 Å². The van der Waals surface area contributed by atoms with Crippen molar-refractivity contribution < 1.29 is 27.1 Å². The molecule has 1 amide bonds. The number of carbonyl (C=O) groups is 1. The Balaban J connectivity index is 1.66. The van der Waals surface area contributed by atoms with Gasteiger partial charge in [-0.2, -0.15) is 11.8 Å². The average Bonchev–Trinajstić information content (AvgIpc) is 2.90. The molecule has 3 aromatic carbocycles. The number of thioether (sulfide) groups is 1. The summed E-state index contributed by atoms with van der Waals surface area (Å²) in [5, 5.41) is 2.79. The van der Waals surface area contributed by atoms with Gasteiger partial charge in [-0.25, -0.2) is 12.8 Å². The van der Waals surface area contributed by atoms with Crippen LogP contribution in [0, 0.1) is 12.7 Å². The predicted molar refractivity (Wildman–Crippen MR) is 145 cm³/mol. The van der Waals surface area contributed by atoms with Gasteiger partial charge in [0.15, 0.2) is 11.5 Å². The number of sulfonamides is 1. The molecule has 3 aromatic rings. The van der Waals surface area contributed by atoms with Gasteiger partial charge in [0.1, 0.15) is 12.4 Å². The predicted octanol–water partition coefficient (Wildman–Crippen LogP) is 4.79. The molecule has 0 aliphatic rings. The largest absolute Gasteiger partial charge is 0.493 e. The van der Waals surface area contributed by atoms with Crippen molar-refractivity contribution in [1.82, 2.24) is 5.32 Å². The van der Waals surface area contributed by atoms with E-state index in [1.165, 1.54) is 55.7 Å². The van der Waals surface area contributed by atoms with E-state index in [1.54, 1.807) is 11.8 Å². The van der Waals surface area contributed by atoms with Crippen molar-refractivity contribution in [3.05, 3.63) is 83.7 Å². The number of hydrogen-bond acceptors (Lipinski definition) is 6. The zero-order chi connectivity index (χ0) is 26.8. The fourth-order valence-corrected chi connectivity index (χ4v) is 6.04. The van der Waals surface area contributed by atoms with Crippen molar-refractivity contribution in [3.63, 3.8) is 0 Å². The quantitative estimate of drug-likeness (QED) is 0.311. The third-order valence-electron chi connectivity index (χ3n) is 5.65. The molecule has 1 N–H and O–H groups in total. The number of nitrogens with zero attached hydrogens (tertiary/aromatic N) is 1. The highest BCUT2D eigenvalue weighted by Gasteiger charge is 2.28. The Morgan fingerprint density at radius 2 is 1.70 bits per heavy atom. The standard InChI is InChI=1S/C27H31FN2O5S2/c1-20-7-4-5-8-21(20)19-36-16-6-15-29-27(31)18-30(23-11-9-22(28)10-12-23)37(32,33)24-13-14-25(34-2)26(17-24)35-3/h4-5,7-14,17H,6,15-16,18-19H2,1-3H3,(H,29,31). The molecule has 198 valence electrons. The molecule has 7 nitrogen and oxygen atoms in total. The zero-order valence-corrected chi connectivity index (χ0v) is 22.7. The molecule has 0 aliphatic carbocycles. The molecule has 10 heteroatoms. The Hall–Kier alpha value is -3.24. The second-order valence-corrected chi connectivity index (χ2v) is 11.2. The first-order valence-electron chi connectivity index (χ1n) is 11.7. The van der Waals surface area contributed by atoms with Gasteiger partial charge in [0, 0.05) is 18.4 Å². The van der Waals surface area contributed by atoms with Crippen LogP contribution in [-0.2, 0) is 20.6 Å². The molecular formula is C27H31FN2O5S2. The van der Waals surface area contributed by atoms with E-state index in [4.69, 9.17) is 9.47 Å². The second-order valence-electron chi connectivity index (χ2n) is 8.19. The summed E-state index contributed by atoms with van der Waals surface area (Å²) in [5.74, 6) is 1.36. The van der Waals surface area contributed by atoms with E-state index in [1.807, 2.05) is 12.1 Å². The van der Waals surface area contributed by atoms with Crippen LogP contribution in [0.4, 0.5) is 10.1 Å². The molecule has 3 rings (SSSR count). The van der Waals surface area contributed by atoms with E-state index in [2.05, 4.69) is 24.4 Å². The van der Waals surface area contributed by atoms with Crippen molar-refractivity contribution >= 4 is 33.4 Å². The number of methoxy groups -OCH3 is 2. The molecule has 0 spiro atoms. The summed E-state index contributed by atoms with van der Waals surface area (Å²) in [7, 11) is -1.33. The summed E-state index contributed by atoms with van der Waals surface area (Å²) in [6, 6.07) is 17.3.